The topological polar surface area (TPSA) is 69.4 Å². The van der Waals surface area contributed by atoms with Crippen LogP contribution >= 0.6 is 0 Å². The zero-order valence-corrected chi connectivity index (χ0v) is 9.54. The third-order valence-corrected chi connectivity index (χ3v) is 2.52. The van der Waals surface area contributed by atoms with Crippen LogP contribution in [0, 0.1) is 10.1 Å². The van der Waals surface area contributed by atoms with Crippen molar-refractivity contribution in [2.75, 3.05) is 24.9 Å². The first-order chi connectivity index (χ1) is 5.83. The van der Waals surface area contributed by atoms with Crippen molar-refractivity contribution in [1.29, 1.82) is 0 Å². The highest BCUT2D eigenvalue weighted by molar-refractivity contribution is 8.01. The Hall–Kier alpha value is -0.650. The lowest BCUT2D eigenvalue weighted by molar-refractivity contribution is -0.756. The molecule has 0 aromatic heterocycles. The molecule has 0 bridgehead atoms. The normalized spacial score (nSPS) is 11.1. The summed E-state index contributed by atoms with van der Waals surface area (Å²) < 4.78 is 10.8. The highest BCUT2D eigenvalue weighted by atomic mass is 32.2. The zero-order valence-electron chi connectivity index (χ0n) is 8.65. The molecule has 13 heavy (non-hydrogen) atoms. The van der Waals surface area contributed by atoms with E-state index in [1.807, 2.05) is 12.5 Å². The minimum Gasteiger partial charge on any atom is -0.314 e. The van der Waals surface area contributed by atoms with Crippen LogP contribution in [0.4, 0.5) is 0 Å². The molecule has 6 heteroatoms. The second kappa shape index (κ2) is 7.97. The molecule has 0 aromatic carbocycles. The monoisotopic (exact) mass is 213 g/mol. The maximum absolute atomic E-state index is 10.8. The molecular weight excluding hydrogens is 194 g/mol. The highest BCUT2D eigenvalue weighted by Gasteiger charge is 1.94. The van der Waals surface area contributed by atoms with Gasteiger partial charge in [0.25, 0.3) is 5.09 Å². The van der Waals surface area contributed by atoms with Crippen molar-refractivity contribution in [3.63, 3.8) is 0 Å². The van der Waals surface area contributed by atoms with Crippen molar-refractivity contribution >= 4 is 9.93 Å². The summed E-state index contributed by atoms with van der Waals surface area (Å²) in [6.45, 7) is 3.75. The Morgan fingerprint density at radius 1 is 1.38 bits per heavy atom. The fourth-order valence-corrected chi connectivity index (χ4v) is 1.72. The Labute approximate surface area is 80.0 Å². The SMILES string of the molecule is CCC[SH](C)(C)=O.CCO[N+](=O)[O-]. The maximum Gasteiger partial charge on any atom is 0.294 e. The number of thiol groups is 1. The molecule has 82 valence electrons. The lowest BCUT2D eigenvalue weighted by Gasteiger charge is -2.07. The summed E-state index contributed by atoms with van der Waals surface area (Å²) in [5, 5.41) is 8.36. The largest absolute Gasteiger partial charge is 0.314 e. The van der Waals surface area contributed by atoms with Crippen LogP contribution in [0.5, 0.6) is 0 Å². The standard InChI is InChI=1S/C5H14OS.C2H5NO3/c1-4-5-7(2,3)6;1-2-6-3(4)5/h7H,4-5H2,1-3H3;2H2,1H3. The first-order valence-electron chi connectivity index (χ1n) is 4.14. The molecule has 0 rings (SSSR count). The van der Waals surface area contributed by atoms with E-state index >= 15 is 0 Å². The summed E-state index contributed by atoms with van der Waals surface area (Å²) in [6, 6.07) is 0. The van der Waals surface area contributed by atoms with Gasteiger partial charge in [0.05, 0.1) is 6.61 Å². The number of hydrogen-bond acceptors (Lipinski definition) is 4. The molecule has 0 spiro atoms. The maximum atomic E-state index is 10.8. The van der Waals surface area contributed by atoms with Crippen molar-refractivity contribution in [2.45, 2.75) is 20.3 Å². The van der Waals surface area contributed by atoms with Gasteiger partial charge in [0.2, 0.25) is 0 Å². The van der Waals surface area contributed by atoms with Gasteiger partial charge in [-0.1, -0.05) is 6.92 Å². The molecule has 0 aliphatic carbocycles. The first kappa shape index (κ1) is 14.9. The molecule has 0 aliphatic heterocycles. The first-order valence-corrected chi connectivity index (χ1v) is 6.93. The predicted molar refractivity (Wildman–Crippen MR) is 55.2 cm³/mol. The van der Waals surface area contributed by atoms with Crippen LogP contribution in [0.15, 0.2) is 0 Å². The molecule has 0 atom stereocenters. The minimum atomic E-state index is -1.67. The van der Waals surface area contributed by atoms with Gasteiger partial charge < -0.3 is 4.84 Å². The Morgan fingerprint density at radius 2 is 1.85 bits per heavy atom. The fourth-order valence-electron chi connectivity index (χ4n) is 0.644. The van der Waals surface area contributed by atoms with E-state index in [0.29, 0.717) is 0 Å². The van der Waals surface area contributed by atoms with E-state index in [4.69, 9.17) is 0 Å². The van der Waals surface area contributed by atoms with Gasteiger partial charge in [-0.2, -0.15) is 0 Å². The summed E-state index contributed by atoms with van der Waals surface area (Å²) in [5.74, 6) is 0.896. The summed E-state index contributed by atoms with van der Waals surface area (Å²) in [6.07, 6.45) is 4.71. The van der Waals surface area contributed by atoms with E-state index in [-0.39, 0.29) is 6.61 Å². The van der Waals surface area contributed by atoms with Gasteiger partial charge in [0.1, 0.15) is 0 Å². The third-order valence-electron chi connectivity index (χ3n) is 0.997. The Balaban J connectivity index is 0. The quantitative estimate of drug-likeness (QED) is 0.428. The van der Waals surface area contributed by atoms with Crippen LogP contribution < -0.4 is 0 Å². The average molecular weight is 213 g/mol. The van der Waals surface area contributed by atoms with Crippen molar-refractivity contribution in [3.05, 3.63) is 10.1 Å². The molecule has 0 unspecified atom stereocenters. The van der Waals surface area contributed by atoms with Crippen LogP contribution in [-0.4, -0.2) is 34.2 Å². The minimum absolute atomic E-state index is 0.132. The molecule has 0 aromatic rings. The van der Waals surface area contributed by atoms with Crippen molar-refractivity contribution < 1.29 is 14.1 Å². The van der Waals surface area contributed by atoms with Gasteiger partial charge >= 0.3 is 0 Å². The molecule has 0 amide bonds. The van der Waals surface area contributed by atoms with E-state index in [1.54, 1.807) is 6.92 Å². The van der Waals surface area contributed by atoms with Gasteiger partial charge in [-0.15, -0.1) is 20.0 Å². The molecule has 0 radical (unpaired) electrons. The second-order valence-electron chi connectivity index (χ2n) is 2.94. The van der Waals surface area contributed by atoms with E-state index in [2.05, 4.69) is 11.8 Å². The summed E-state index contributed by atoms with van der Waals surface area (Å²) in [4.78, 5) is 12.9. The zero-order chi connectivity index (χ0) is 10.9. The third kappa shape index (κ3) is 24.6. The molecular formula is C7H19NO4S. The summed E-state index contributed by atoms with van der Waals surface area (Å²) >= 11 is 0. The van der Waals surface area contributed by atoms with Crippen molar-refractivity contribution in [1.82, 2.24) is 0 Å². The molecule has 0 heterocycles. The van der Waals surface area contributed by atoms with Gasteiger partial charge in [-0.25, -0.2) is 0 Å². The van der Waals surface area contributed by atoms with Gasteiger partial charge in [0.15, 0.2) is 0 Å². The van der Waals surface area contributed by atoms with Crippen LogP contribution in [0.2, 0.25) is 0 Å². The van der Waals surface area contributed by atoms with Crippen molar-refractivity contribution in [3.8, 4) is 0 Å². The van der Waals surface area contributed by atoms with Crippen LogP contribution in [0.25, 0.3) is 0 Å². The Morgan fingerprint density at radius 3 is 1.85 bits per heavy atom. The van der Waals surface area contributed by atoms with E-state index in [1.165, 1.54) is 0 Å². The number of hydrogen-bond donors (Lipinski definition) is 1. The number of nitrogens with zero attached hydrogens (tertiary/aromatic N) is 1. The summed E-state index contributed by atoms with van der Waals surface area (Å²) in [7, 11) is -1.67. The molecule has 0 aliphatic rings. The number of rotatable bonds is 4. The van der Waals surface area contributed by atoms with E-state index in [9.17, 15) is 14.3 Å². The lowest BCUT2D eigenvalue weighted by Crippen LogP contribution is -2.09. The van der Waals surface area contributed by atoms with Crippen molar-refractivity contribution in [2.24, 2.45) is 0 Å². The molecule has 0 saturated heterocycles. The van der Waals surface area contributed by atoms with Crippen LogP contribution in [0.1, 0.15) is 20.3 Å². The molecule has 0 saturated carbocycles. The Bertz CT molecular complexity index is 177. The smallest absolute Gasteiger partial charge is 0.294 e. The molecule has 0 N–H and O–H groups in total. The van der Waals surface area contributed by atoms with Gasteiger partial charge in [-0.3, -0.25) is 4.21 Å². The lowest BCUT2D eigenvalue weighted by atomic mass is 10.6. The fraction of sp³-hybridized carbons (Fsp3) is 1.00. The van der Waals surface area contributed by atoms with E-state index < -0.39 is 15.0 Å². The van der Waals surface area contributed by atoms with E-state index in [0.717, 1.165) is 12.2 Å². The van der Waals surface area contributed by atoms with Gasteiger partial charge in [-0.05, 0) is 25.9 Å². The highest BCUT2D eigenvalue weighted by Crippen LogP contribution is 1.93. The van der Waals surface area contributed by atoms with Gasteiger partial charge in [0, 0.05) is 5.75 Å². The predicted octanol–water partition coefficient (Wildman–Crippen LogP) is 0.887. The summed E-state index contributed by atoms with van der Waals surface area (Å²) in [5.41, 5.74) is 0. The van der Waals surface area contributed by atoms with Crippen LogP contribution in [-0.2, 0) is 14.8 Å². The molecule has 5 nitrogen and oxygen atoms in total. The second-order valence-corrected chi connectivity index (χ2v) is 6.53. The molecule has 0 fully saturated rings. The van der Waals surface area contributed by atoms with Crippen LogP contribution in [0.3, 0.4) is 0 Å². The Kier molecular flexibility index (Phi) is 9.11. The average Bonchev–Trinajstić information content (AvgIpc) is 1.84.